The van der Waals surface area contributed by atoms with Gasteiger partial charge in [0.05, 0.1) is 23.0 Å². The Morgan fingerprint density at radius 1 is 1.21 bits per heavy atom. The van der Waals surface area contributed by atoms with Crippen LogP contribution in [0.25, 0.3) is 0 Å². The van der Waals surface area contributed by atoms with E-state index < -0.39 is 0 Å². The molecule has 0 atom stereocenters. The lowest BCUT2D eigenvalue weighted by atomic mass is 10.0. The van der Waals surface area contributed by atoms with Crippen molar-refractivity contribution in [3.05, 3.63) is 96.3 Å². The average Bonchev–Trinajstić information content (AvgIpc) is 2.56. The van der Waals surface area contributed by atoms with Gasteiger partial charge in [-0.15, -0.1) is 0 Å². The van der Waals surface area contributed by atoms with Crippen LogP contribution in [0.4, 0.5) is 11.4 Å². The van der Waals surface area contributed by atoms with E-state index >= 15 is 0 Å². The van der Waals surface area contributed by atoms with Crippen LogP contribution in [-0.4, -0.2) is 0 Å². The maximum absolute atomic E-state index is 9.01. The van der Waals surface area contributed by atoms with Crippen LogP contribution in [0, 0.1) is 11.3 Å². The molecule has 1 aromatic carbocycles. The lowest BCUT2D eigenvalue weighted by molar-refractivity contribution is 1.42. The van der Waals surface area contributed by atoms with Crippen LogP contribution in [0.2, 0.25) is 0 Å². The molecule has 0 aliphatic carbocycles. The van der Waals surface area contributed by atoms with E-state index in [2.05, 4.69) is 24.5 Å². The van der Waals surface area contributed by atoms with Gasteiger partial charge >= 0.3 is 0 Å². The van der Waals surface area contributed by atoms with Crippen molar-refractivity contribution in [1.29, 1.82) is 5.26 Å². The molecule has 0 heterocycles. The van der Waals surface area contributed by atoms with Gasteiger partial charge in [0.1, 0.15) is 0 Å². The van der Waals surface area contributed by atoms with Gasteiger partial charge in [0.2, 0.25) is 0 Å². The first-order valence-corrected chi connectivity index (χ1v) is 7.61. The zero-order valence-electron chi connectivity index (χ0n) is 14.2. The summed E-state index contributed by atoms with van der Waals surface area (Å²) in [5.74, 6) is 0. The molecule has 0 unspecified atom stereocenters. The topological polar surface area (TPSA) is 61.8 Å². The Kier molecular flexibility index (Phi) is 7.60. The summed E-state index contributed by atoms with van der Waals surface area (Å²) in [6, 6.07) is 7.19. The molecule has 0 aromatic heterocycles. The second-order valence-corrected chi connectivity index (χ2v) is 5.02. The van der Waals surface area contributed by atoms with Crippen LogP contribution in [0.1, 0.15) is 19.4 Å². The van der Waals surface area contributed by atoms with Crippen molar-refractivity contribution in [2.24, 2.45) is 0 Å². The molecular formula is C21H23N3. The summed E-state index contributed by atoms with van der Waals surface area (Å²) in [5.41, 5.74) is 10.4. The van der Waals surface area contributed by atoms with Gasteiger partial charge in [-0.05, 0) is 49.3 Å². The van der Waals surface area contributed by atoms with E-state index in [1.54, 1.807) is 24.3 Å². The van der Waals surface area contributed by atoms with Gasteiger partial charge in [0, 0.05) is 5.70 Å². The summed E-state index contributed by atoms with van der Waals surface area (Å²) in [6.45, 7) is 11.7. The van der Waals surface area contributed by atoms with Crippen LogP contribution in [0.15, 0.2) is 90.7 Å². The molecule has 3 N–H and O–H groups in total. The fourth-order valence-electron chi connectivity index (χ4n) is 2.09. The van der Waals surface area contributed by atoms with Crippen molar-refractivity contribution in [1.82, 2.24) is 0 Å². The van der Waals surface area contributed by atoms with E-state index in [1.807, 2.05) is 50.3 Å². The van der Waals surface area contributed by atoms with Gasteiger partial charge in [0.15, 0.2) is 0 Å². The number of hydrogen-bond donors (Lipinski definition) is 2. The number of nitrogens with zero attached hydrogens (tertiary/aromatic N) is 1. The predicted octanol–water partition coefficient (Wildman–Crippen LogP) is 5.26. The molecule has 0 bridgehead atoms. The molecule has 0 saturated carbocycles. The Morgan fingerprint density at radius 2 is 1.88 bits per heavy atom. The predicted molar refractivity (Wildman–Crippen MR) is 104 cm³/mol. The smallest absolute Gasteiger partial charge is 0.0992 e. The van der Waals surface area contributed by atoms with E-state index in [-0.39, 0.29) is 0 Å². The molecule has 0 saturated heterocycles. The fraction of sp³-hybridized carbons (Fsp3) is 0.0952. The number of nitrogen functional groups attached to an aromatic ring is 1. The first-order valence-electron chi connectivity index (χ1n) is 7.61. The Labute approximate surface area is 144 Å². The molecule has 3 nitrogen and oxygen atoms in total. The highest BCUT2D eigenvalue weighted by atomic mass is 14.9. The van der Waals surface area contributed by atoms with Crippen LogP contribution in [0.5, 0.6) is 0 Å². The number of hydrogen-bond acceptors (Lipinski definition) is 3. The minimum Gasteiger partial charge on any atom is -0.397 e. The number of nitriles is 1. The normalized spacial score (nSPS) is 12.4. The van der Waals surface area contributed by atoms with E-state index in [1.165, 1.54) is 0 Å². The zero-order chi connectivity index (χ0) is 17.9. The van der Waals surface area contributed by atoms with E-state index in [0.717, 1.165) is 11.1 Å². The van der Waals surface area contributed by atoms with Gasteiger partial charge in [-0.3, -0.25) is 0 Å². The van der Waals surface area contributed by atoms with E-state index in [4.69, 9.17) is 11.0 Å². The monoisotopic (exact) mass is 317 g/mol. The van der Waals surface area contributed by atoms with Gasteiger partial charge in [-0.25, -0.2) is 0 Å². The third-order valence-corrected chi connectivity index (χ3v) is 3.13. The van der Waals surface area contributed by atoms with Gasteiger partial charge in [-0.1, -0.05) is 49.6 Å². The second-order valence-electron chi connectivity index (χ2n) is 5.02. The van der Waals surface area contributed by atoms with Crippen molar-refractivity contribution >= 4 is 11.4 Å². The third kappa shape index (κ3) is 5.51. The van der Waals surface area contributed by atoms with Crippen molar-refractivity contribution in [3.8, 4) is 6.07 Å². The third-order valence-electron chi connectivity index (χ3n) is 3.13. The van der Waals surface area contributed by atoms with Crippen molar-refractivity contribution in [2.45, 2.75) is 13.8 Å². The second kappa shape index (κ2) is 9.70. The lowest BCUT2D eigenvalue weighted by Crippen LogP contribution is -2.01. The van der Waals surface area contributed by atoms with Crippen molar-refractivity contribution in [3.63, 3.8) is 0 Å². The number of benzene rings is 1. The van der Waals surface area contributed by atoms with Crippen LogP contribution in [0.3, 0.4) is 0 Å². The number of anilines is 2. The summed E-state index contributed by atoms with van der Waals surface area (Å²) < 4.78 is 0. The van der Waals surface area contributed by atoms with Crippen molar-refractivity contribution < 1.29 is 0 Å². The SMILES string of the molecule is C=C/C=C(\C=C/C)C(/C=C\C)=C/C(=C)Nc1cc(C#N)ccc1N. The Hall–Kier alpha value is -3.25. The number of nitrogens with two attached hydrogens (primary N) is 1. The molecule has 3 heteroatoms. The molecular weight excluding hydrogens is 294 g/mol. The molecule has 0 radical (unpaired) electrons. The molecule has 1 rings (SSSR count). The summed E-state index contributed by atoms with van der Waals surface area (Å²) in [5, 5.41) is 12.2. The number of nitrogens with one attached hydrogen (secondary N) is 1. The molecule has 0 aliphatic heterocycles. The molecule has 122 valence electrons. The highest BCUT2D eigenvalue weighted by molar-refractivity contribution is 5.71. The molecule has 0 fully saturated rings. The zero-order valence-corrected chi connectivity index (χ0v) is 14.2. The Bertz CT molecular complexity index is 769. The molecule has 0 amide bonds. The summed E-state index contributed by atoms with van der Waals surface area (Å²) in [4.78, 5) is 0. The molecule has 0 aliphatic rings. The average molecular weight is 317 g/mol. The number of allylic oxidation sites excluding steroid dienone is 9. The first-order chi connectivity index (χ1) is 11.5. The first kappa shape index (κ1) is 18.8. The quantitative estimate of drug-likeness (QED) is 0.533. The van der Waals surface area contributed by atoms with Gasteiger partial charge < -0.3 is 11.1 Å². The van der Waals surface area contributed by atoms with Crippen LogP contribution in [-0.2, 0) is 0 Å². The summed E-state index contributed by atoms with van der Waals surface area (Å²) >= 11 is 0. The highest BCUT2D eigenvalue weighted by Gasteiger charge is 2.03. The minimum atomic E-state index is 0.540. The molecule has 1 aromatic rings. The highest BCUT2D eigenvalue weighted by Crippen LogP contribution is 2.23. The van der Waals surface area contributed by atoms with Gasteiger partial charge in [0.25, 0.3) is 0 Å². The lowest BCUT2D eigenvalue weighted by Gasteiger charge is -2.11. The fourth-order valence-corrected chi connectivity index (χ4v) is 2.09. The Balaban J connectivity index is 3.16. The summed E-state index contributed by atoms with van der Waals surface area (Å²) in [7, 11) is 0. The molecule has 0 spiro atoms. The van der Waals surface area contributed by atoms with Crippen LogP contribution < -0.4 is 11.1 Å². The number of rotatable bonds is 7. The standard InChI is InChI=1S/C21H23N3/c1-5-8-18(9-6-2)19(10-7-3)13-16(4)24-21-14-17(15-22)11-12-20(21)23/h5-14,24H,1,4,23H2,2-3H3/b9-6-,10-7-,18-8+,19-13+. The maximum Gasteiger partial charge on any atom is 0.0992 e. The largest absolute Gasteiger partial charge is 0.397 e. The van der Waals surface area contributed by atoms with E-state index in [9.17, 15) is 0 Å². The summed E-state index contributed by atoms with van der Waals surface area (Å²) in [6.07, 6.45) is 13.5. The molecule has 24 heavy (non-hydrogen) atoms. The van der Waals surface area contributed by atoms with Gasteiger partial charge in [-0.2, -0.15) is 5.26 Å². The van der Waals surface area contributed by atoms with Crippen LogP contribution >= 0.6 is 0 Å². The van der Waals surface area contributed by atoms with Crippen molar-refractivity contribution in [2.75, 3.05) is 11.1 Å². The Morgan fingerprint density at radius 3 is 2.46 bits per heavy atom. The maximum atomic E-state index is 9.01. The minimum absolute atomic E-state index is 0.540. The van der Waals surface area contributed by atoms with E-state index in [0.29, 0.717) is 22.6 Å².